The highest BCUT2D eigenvalue weighted by molar-refractivity contribution is 6.08. The summed E-state index contributed by atoms with van der Waals surface area (Å²) in [6.07, 6.45) is 4.48. The summed E-state index contributed by atoms with van der Waals surface area (Å²) in [6.45, 7) is 4.59. The Labute approximate surface area is 159 Å². The van der Waals surface area contributed by atoms with Gasteiger partial charge >= 0.3 is 0 Å². The van der Waals surface area contributed by atoms with Crippen LogP contribution in [-0.4, -0.2) is 18.5 Å². The third-order valence-electron chi connectivity index (χ3n) is 4.78. The summed E-state index contributed by atoms with van der Waals surface area (Å²) in [4.78, 5) is 12.7. The number of ketones is 1. The van der Waals surface area contributed by atoms with Crippen LogP contribution in [0.3, 0.4) is 0 Å². The van der Waals surface area contributed by atoms with Gasteiger partial charge in [-0.15, -0.1) is 0 Å². The highest BCUT2D eigenvalue weighted by Gasteiger charge is 2.21. The Morgan fingerprint density at radius 3 is 2.78 bits per heavy atom. The van der Waals surface area contributed by atoms with Gasteiger partial charge in [0.1, 0.15) is 17.6 Å². The van der Waals surface area contributed by atoms with Crippen molar-refractivity contribution in [3.05, 3.63) is 77.4 Å². The highest BCUT2D eigenvalue weighted by atomic mass is 16.5. The zero-order valence-electron chi connectivity index (χ0n) is 15.6. The summed E-state index contributed by atoms with van der Waals surface area (Å²) in [6, 6.07) is 17.8. The summed E-state index contributed by atoms with van der Waals surface area (Å²) in [5.41, 5.74) is 2.69. The van der Waals surface area contributed by atoms with Gasteiger partial charge in [0.05, 0.1) is 6.61 Å². The second-order valence-electron chi connectivity index (χ2n) is 6.82. The first-order valence-corrected chi connectivity index (χ1v) is 9.31. The molecule has 0 bridgehead atoms. The molecule has 3 aromatic rings. The third-order valence-corrected chi connectivity index (χ3v) is 4.78. The van der Waals surface area contributed by atoms with E-state index in [9.17, 15) is 4.79 Å². The lowest BCUT2D eigenvalue weighted by Gasteiger charge is -2.10. The second-order valence-corrected chi connectivity index (χ2v) is 6.82. The van der Waals surface area contributed by atoms with E-state index >= 15 is 0 Å². The van der Waals surface area contributed by atoms with Crippen molar-refractivity contribution in [1.29, 1.82) is 0 Å². The molecule has 0 N–H and O–H groups in total. The van der Waals surface area contributed by atoms with Gasteiger partial charge in [0.25, 0.3) is 0 Å². The molecule has 3 heteroatoms. The Kier molecular flexibility index (Phi) is 4.68. The van der Waals surface area contributed by atoms with E-state index in [1.165, 1.54) is 0 Å². The van der Waals surface area contributed by atoms with Crippen molar-refractivity contribution in [2.24, 2.45) is 0 Å². The van der Waals surface area contributed by atoms with Gasteiger partial charge in [0.15, 0.2) is 5.78 Å². The molecule has 0 saturated carbocycles. The molecule has 0 aromatic heterocycles. The molecule has 0 amide bonds. The quantitative estimate of drug-likeness (QED) is 0.449. The monoisotopic (exact) mass is 358 g/mol. The van der Waals surface area contributed by atoms with Gasteiger partial charge in [-0.1, -0.05) is 36.4 Å². The number of ether oxygens (including phenoxy) is 2. The Morgan fingerprint density at radius 2 is 1.96 bits per heavy atom. The number of allylic oxidation sites excluding steroid dienone is 1. The first-order chi connectivity index (χ1) is 13.1. The molecular weight excluding hydrogens is 336 g/mol. The lowest BCUT2D eigenvalue weighted by molar-refractivity contribution is 0.104. The Morgan fingerprint density at radius 1 is 1.15 bits per heavy atom. The first-order valence-electron chi connectivity index (χ1n) is 9.31. The first kappa shape index (κ1) is 17.3. The van der Waals surface area contributed by atoms with Gasteiger partial charge in [0.2, 0.25) is 0 Å². The van der Waals surface area contributed by atoms with Crippen LogP contribution in [0.2, 0.25) is 0 Å². The van der Waals surface area contributed by atoms with Crippen molar-refractivity contribution in [2.75, 3.05) is 6.61 Å². The number of carbonyl (C=O) groups is 1. The van der Waals surface area contributed by atoms with Crippen molar-refractivity contribution < 1.29 is 14.3 Å². The molecule has 3 nitrogen and oxygen atoms in total. The number of rotatable bonds is 5. The maximum atomic E-state index is 12.7. The van der Waals surface area contributed by atoms with E-state index in [0.717, 1.165) is 39.8 Å². The fraction of sp³-hybridized carbons (Fsp3) is 0.208. The van der Waals surface area contributed by atoms with E-state index < -0.39 is 0 Å². The topological polar surface area (TPSA) is 35.5 Å². The van der Waals surface area contributed by atoms with Crippen LogP contribution in [0.1, 0.15) is 35.3 Å². The van der Waals surface area contributed by atoms with Crippen LogP contribution in [0.15, 0.2) is 60.7 Å². The van der Waals surface area contributed by atoms with Gasteiger partial charge in [-0.05, 0) is 55.0 Å². The lowest BCUT2D eigenvalue weighted by atomic mass is 10.0. The molecule has 0 aliphatic carbocycles. The van der Waals surface area contributed by atoms with Gasteiger partial charge in [-0.3, -0.25) is 4.79 Å². The largest absolute Gasteiger partial charge is 0.493 e. The van der Waals surface area contributed by atoms with E-state index in [1.807, 2.05) is 67.6 Å². The summed E-state index contributed by atoms with van der Waals surface area (Å²) < 4.78 is 11.6. The molecule has 27 heavy (non-hydrogen) atoms. The van der Waals surface area contributed by atoms with E-state index in [4.69, 9.17) is 9.47 Å². The number of carbonyl (C=O) groups excluding carboxylic acids is 1. The van der Waals surface area contributed by atoms with Crippen LogP contribution in [0.5, 0.6) is 11.5 Å². The predicted molar refractivity (Wildman–Crippen MR) is 109 cm³/mol. The maximum Gasteiger partial charge on any atom is 0.185 e. The SMILES string of the molecule is CCOc1cc2c(cc1/C=C/C(=O)c1ccc3ccccc3c1)O[C@H](C)C2. The van der Waals surface area contributed by atoms with E-state index in [1.54, 1.807) is 6.08 Å². The van der Waals surface area contributed by atoms with Gasteiger partial charge in [-0.2, -0.15) is 0 Å². The lowest BCUT2D eigenvalue weighted by Crippen LogP contribution is -2.05. The molecule has 0 saturated heterocycles. The number of hydrogen-bond donors (Lipinski definition) is 0. The minimum absolute atomic E-state index is 0.0296. The van der Waals surface area contributed by atoms with Crippen molar-refractivity contribution in [3.8, 4) is 11.5 Å². The molecule has 1 heterocycles. The molecule has 1 atom stereocenters. The number of hydrogen-bond acceptors (Lipinski definition) is 3. The predicted octanol–water partition coefficient (Wildman–Crippen LogP) is 5.46. The smallest absolute Gasteiger partial charge is 0.185 e. The number of fused-ring (bicyclic) bond motifs is 2. The molecule has 1 aliphatic rings. The van der Waals surface area contributed by atoms with Gasteiger partial charge < -0.3 is 9.47 Å². The van der Waals surface area contributed by atoms with E-state index in [0.29, 0.717) is 12.2 Å². The van der Waals surface area contributed by atoms with Crippen LogP contribution in [0, 0.1) is 0 Å². The summed E-state index contributed by atoms with van der Waals surface area (Å²) >= 11 is 0. The Bertz CT molecular complexity index is 1030. The summed E-state index contributed by atoms with van der Waals surface area (Å²) in [5, 5.41) is 2.19. The fourth-order valence-corrected chi connectivity index (χ4v) is 3.47. The molecular formula is C24H22O3. The van der Waals surface area contributed by atoms with Crippen LogP contribution < -0.4 is 9.47 Å². The third kappa shape index (κ3) is 3.59. The molecule has 0 spiro atoms. The number of benzene rings is 3. The maximum absolute atomic E-state index is 12.7. The van der Waals surface area contributed by atoms with Crippen molar-refractivity contribution in [2.45, 2.75) is 26.4 Å². The van der Waals surface area contributed by atoms with E-state index in [-0.39, 0.29) is 11.9 Å². The minimum Gasteiger partial charge on any atom is -0.493 e. The molecule has 0 fully saturated rings. The standard InChI is InChI=1S/C24H22O3/c1-3-26-23-15-21-12-16(2)27-24(21)14-20(23)10-11-22(25)19-9-8-17-6-4-5-7-18(17)13-19/h4-11,13-16H,3,12H2,1-2H3/b11-10+/t16-/m1/s1. The highest BCUT2D eigenvalue weighted by Crippen LogP contribution is 2.35. The van der Waals surface area contributed by atoms with Gasteiger partial charge in [0, 0.05) is 23.1 Å². The molecule has 136 valence electrons. The molecule has 1 aliphatic heterocycles. The van der Waals surface area contributed by atoms with Crippen LogP contribution >= 0.6 is 0 Å². The van der Waals surface area contributed by atoms with Crippen LogP contribution in [-0.2, 0) is 6.42 Å². The Balaban J connectivity index is 1.63. The average molecular weight is 358 g/mol. The zero-order valence-corrected chi connectivity index (χ0v) is 15.6. The minimum atomic E-state index is -0.0296. The molecule has 0 radical (unpaired) electrons. The van der Waals surface area contributed by atoms with Crippen molar-refractivity contribution in [3.63, 3.8) is 0 Å². The second kappa shape index (κ2) is 7.28. The van der Waals surface area contributed by atoms with E-state index in [2.05, 4.69) is 6.92 Å². The van der Waals surface area contributed by atoms with Crippen molar-refractivity contribution in [1.82, 2.24) is 0 Å². The Hall–Kier alpha value is -3.07. The summed E-state index contributed by atoms with van der Waals surface area (Å²) in [7, 11) is 0. The summed E-state index contributed by atoms with van der Waals surface area (Å²) in [5.74, 6) is 1.64. The normalized spacial score (nSPS) is 15.7. The van der Waals surface area contributed by atoms with Crippen molar-refractivity contribution >= 4 is 22.6 Å². The van der Waals surface area contributed by atoms with Crippen LogP contribution in [0.25, 0.3) is 16.8 Å². The zero-order chi connectivity index (χ0) is 18.8. The molecule has 0 unspecified atom stereocenters. The van der Waals surface area contributed by atoms with Gasteiger partial charge in [-0.25, -0.2) is 0 Å². The average Bonchev–Trinajstić information content (AvgIpc) is 3.04. The molecule has 3 aromatic carbocycles. The van der Waals surface area contributed by atoms with Crippen LogP contribution in [0.4, 0.5) is 0 Å². The fourth-order valence-electron chi connectivity index (χ4n) is 3.47. The molecule has 4 rings (SSSR count).